The Morgan fingerprint density at radius 3 is 2.58 bits per heavy atom. The zero-order chi connectivity index (χ0) is 17.5. The molecular formula is C15H16Cl2N2O4S. The molecule has 9 heteroatoms. The molecule has 3 amide bonds. The molecule has 2 aliphatic heterocycles. The van der Waals surface area contributed by atoms with Gasteiger partial charge >= 0.3 is 6.03 Å². The van der Waals surface area contributed by atoms with Crippen molar-refractivity contribution < 1.29 is 18.0 Å². The fourth-order valence-electron chi connectivity index (χ4n) is 3.06. The maximum absolute atomic E-state index is 12.5. The minimum Gasteiger partial charge on any atom is -0.315 e. The molecule has 6 nitrogen and oxygen atoms in total. The highest BCUT2D eigenvalue weighted by Gasteiger charge is 2.44. The number of carbonyl (C=O) groups is 2. The fraction of sp³-hybridized carbons (Fsp3) is 0.467. The van der Waals surface area contributed by atoms with Gasteiger partial charge in [0.05, 0.1) is 17.5 Å². The maximum atomic E-state index is 12.5. The van der Waals surface area contributed by atoms with E-state index in [-0.39, 0.29) is 24.0 Å². The Labute approximate surface area is 150 Å². The number of sulfone groups is 1. The van der Waals surface area contributed by atoms with E-state index in [0.717, 1.165) is 10.5 Å². The summed E-state index contributed by atoms with van der Waals surface area (Å²) in [4.78, 5) is 27.1. The Bertz CT molecular complexity index is 797. The van der Waals surface area contributed by atoms with Gasteiger partial charge in [-0.1, -0.05) is 29.3 Å². The molecule has 1 atom stereocenters. The molecule has 2 fully saturated rings. The first-order valence-corrected chi connectivity index (χ1v) is 10.1. The van der Waals surface area contributed by atoms with Crippen LogP contribution in [-0.4, -0.2) is 60.8 Å². The topological polar surface area (TPSA) is 74.8 Å². The van der Waals surface area contributed by atoms with Gasteiger partial charge in [-0.05, 0) is 30.5 Å². The molecule has 0 N–H and O–H groups in total. The van der Waals surface area contributed by atoms with Crippen molar-refractivity contribution >= 4 is 45.0 Å². The van der Waals surface area contributed by atoms with E-state index in [1.807, 2.05) is 0 Å². The molecule has 1 aromatic rings. The van der Waals surface area contributed by atoms with E-state index in [0.29, 0.717) is 29.4 Å². The molecule has 24 heavy (non-hydrogen) atoms. The van der Waals surface area contributed by atoms with Crippen molar-refractivity contribution in [3.8, 4) is 0 Å². The predicted octanol–water partition coefficient (Wildman–Crippen LogP) is 1.99. The summed E-state index contributed by atoms with van der Waals surface area (Å²) in [5, 5.41) is 1.05. The quantitative estimate of drug-likeness (QED) is 0.736. The fourth-order valence-corrected chi connectivity index (χ4v) is 5.26. The molecule has 0 radical (unpaired) electrons. The second-order valence-corrected chi connectivity index (χ2v) is 9.08. The van der Waals surface area contributed by atoms with Crippen molar-refractivity contribution in [3.63, 3.8) is 0 Å². The molecule has 2 aliphatic rings. The van der Waals surface area contributed by atoms with E-state index in [9.17, 15) is 18.0 Å². The van der Waals surface area contributed by atoms with Gasteiger partial charge in [-0.2, -0.15) is 0 Å². The smallest absolute Gasteiger partial charge is 0.315 e. The van der Waals surface area contributed by atoms with Crippen molar-refractivity contribution in [2.24, 2.45) is 0 Å². The molecule has 0 unspecified atom stereocenters. The maximum Gasteiger partial charge on any atom is 0.327 e. The van der Waals surface area contributed by atoms with Gasteiger partial charge in [-0.25, -0.2) is 13.2 Å². The van der Waals surface area contributed by atoms with Gasteiger partial charge < -0.3 is 4.90 Å². The second-order valence-electron chi connectivity index (χ2n) is 6.01. The van der Waals surface area contributed by atoms with E-state index in [1.54, 1.807) is 18.2 Å². The lowest BCUT2D eigenvalue weighted by atomic mass is 10.1. The van der Waals surface area contributed by atoms with Gasteiger partial charge in [0, 0.05) is 16.6 Å². The Balaban J connectivity index is 1.66. The SMILES string of the molecule is O=C1CN(CCc2ccc(Cl)cc2Cl)C(=O)N1[C@@H]1CCS(=O)(=O)C1. The predicted molar refractivity (Wildman–Crippen MR) is 91.0 cm³/mol. The molecule has 0 saturated carbocycles. The van der Waals surface area contributed by atoms with Crippen LogP contribution in [-0.2, 0) is 21.1 Å². The molecular weight excluding hydrogens is 375 g/mol. The lowest BCUT2D eigenvalue weighted by molar-refractivity contribution is -0.126. The summed E-state index contributed by atoms with van der Waals surface area (Å²) in [6, 6.07) is 4.17. The number of carbonyl (C=O) groups excluding carboxylic acids is 2. The first kappa shape index (κ1) is 17.5. The van der Waals surface area contributed by atoms with Crippen molar-refractivity contribution in [2.75, 3.05) is 24.6 Å². The highest BCUT2D eigenvalue weighted by Crippen LogP contribution is 2.25. The van der Waals surface area contributed by atoms with E-state index < -0.39 is 21.9 Å². The van der Waals surface area contributed by atoms with Crippen LogP contribution in [0.2, 0.25) is 10.0 Å². The largest absolute Gasteiger partial charge is 0.327 e. The third-order valence-corrected chi connectivity index (χ3v) is 6.65. The van der Waals surface area contributed by atoms with Gasteiger partial charge in [0.25, 0.3) is 5.91 Å². The monoisotopic (exact) mass is 390 g/mol. The van der Waals surface area contributed by atoms with Crippen LogP contribution < -0.4 is 0 Å². The van der Waals surface area contributed by atoms with E-state index in [4.69, 9.17) is 23.2 Å². The number of nitrogens with zero attached hydrogens (tertiary/aromatic N) is 2. The molecule has 0 aliphatic carbocycles. The standard InChI is InChI=1S/C15H16Cl2N2O4S/c16-11-2-1-10(13(17)7-11)3-5-18-8-14(20)19(15(18)21)12-4-6-24(22,23)9-12/h1-2,7,12H,3-6,8-9H2/t12-/m1/s1. The highest BCUT2D eigenvalue weighted by molar-refractivity contribution is 7.91. The lowest BCUT2D eigenvalue weighted by Crippen LogP contribution is -2.42. The van der Waals surface area contributed by atoms with Crippen LogP contribution >= 0.6 is 23.2 Å². The minimum atomic E-state index is -3.16. The lowest BCUT2D eigenvalue weighted by Gasteiger charge is -2.21. The Morgan fingerprint density at radius 2 is 1.96 bits per heavy atom. The van der Waals surface area contributed by atoms with Crippen molar-refractivity contribution in [3.05, 3.63) is 33.8 Å². The summed E-state index contributed by atoms with van der Waals surface area (Å²) >= 11 is 12.0. The summed E-state index contributed by atoms with van der Waals surface area (Å²) in [5.74, 6) is -0.458. The molecule has 2 heterocycles. The van der Waals surface area contributed by atoms with Crippen molar-refractivity contribution in [2.45, 2.75) is 18.9 Å². The van der Waals surface area contributed by atoms with Gasteiger partial charge in [-0.3, -0.25) is 9.69 Å². The molecule has 130 valence electrons. The Hall–Kier alpha value is -1.31. The number of hydrogen-bond acceptors (Lipinski definition) is 4. The van der Waals surface area contributed by atoms with Crippen molar-refractivity contribution in [1.82, 2.24) is 9.80 Å². The van der Waals surface area contributed by atoms with Crippen molar-refractivity contribution in [1.29, 1.82) is 0 Å². The van der Waals surface area contributed by atoms with Crippen LogP contribution in [0.25, 0.3) is 0 Å². The summed E-state index contributed by atoms with van der Waals surface area (Å²) < 4.78 is 23.2. The number of halogens is 2. The Morgan fingerprint density at radius 1 is 1.21 bits per heavy atom. The van der Waals surface area contributed by atoms with E-state index in [2.05, 4.69) is 0 Å². The third-order valence-electron chi connectivity index (χ3n) is 4.31. The first-order valence-electron chi connectivity index (χ1n) is 7.52. The first-order chi connectivity index (χ1) is 11.3. The zero-order valence-electron chi connectivity index (χ0n) is 12.7. The summed E-state index contributed by atoms with van der Waals surface area (Å²) in [7, 11) is -3.16. The molecule has 0 bridgehead atoms. The van der Waals surface area contributed by atoms with E-state index >= 15 is 0 Å². The molecule has 0 aromatic heterocycles. The van der Waals surface area contributed by atoms with Gasteiger partial charge in [0.2, 0.25) is 0 Å². The van der Waals surface area contributed by atoms with Crippen LogP contribution in [0.3, 0.4) is 0 Å². The minimum absolute atomic E-state index is 0.0229. The number of benzene rings is 1. The molecule has 0 spiro atoms. The number of hydrogen-bond donors (Lipinski definition) is 0. The normalized spacial score (nSPS) is 23.3. The van der Waals surface area contributed by atoms with Crippen LogP contribution in [0, 0.1) is 0 Å². The van der Waals surface area contributed by atoms with Crippen LogP contribution in [0.4, 0.5) is 4.79 Å². The zero-order valence-corrected chi connectivity index (χ0v) is 15.1. The molecule has 2 saturated heterocycles. The van der Waals surface area contributed by atoms with E-state index in [1.165, 1.54) is 4.90 Å². The highest BCUT2D eigenvalue weighted by atomic mass is 35.5. The number of rotatable bonds is 4. The van der Waals surface area contributed by atoms with Gasteiger partial charge in [0.1, 0.15) is 6.54 Å². The van der Waals surface area contributed by atoms with Crippen LogP contribution in [0.15, 0.2) is 18.2 Å². The average molecular weight is 391 g/mol. The molecule has 3 rings (SSSR count). The van der Waals surface area contributed by atoms with Crippen LogP contribution in [0.5, 0.6) is 0 Å². The summed E-state index contributed by atoms with van der Waals surface area (Å²) in [5.41, 5.74) is 0.836. The van der Waals surface area contributed by atoms with Gasteiger partial charge in [-0.15, -0.1) is 0 Å². The molecule has 1 aromatic carbocycles. The number of urea groups is 1. The third kappa shape index (κ3) is 3.53. The van der Waals surface area contributed by atoms with Gasteiger partial charge in [0.15, 0.2) is 9.84 Å². The van der Waals surface area contributed by atoms with Crippen LogP contribution in [0.1, 0.15) is 12.0 Å². The Kier molecular flexibility index (Phi) is 4.77. The average Bonchev–Trinajstić information content (AvgIpc) is 2.97. The number of amides is 3. The summed E-state index contributed by atoms with van der Waals surface area (Å²) in [6.07, 6.45) is 0.808. The second kappa shape index (κ2) is 6.54. The summed E-state index contributed by atoms with van der Waals surface area (Å²) in [6.45, 7) is 0.308. The number of imide groups is 1.